The van der Waals surface area contributed by atoms with E-state index in [2.05, 4.69) is 0 Å². The molecule has 5 nitrogen and oxygen atoms in total. The number of carbonyl (C=O) groups excluding carboxylic acids is 1. The summed E-state index contributed by atoms with van der Waals surface area (Å²) < 4.78 is 2.17. The molecule has 7 heteroatoms. The average molecular weight is 324 g/mol. The van der Waals surface area contributed by atoms with Crippen LogP contribution in [0.15, 0.2) is 23.4 Å². The number of nitrogens with zero attached hydrogens (tertiary/aromatic N) is 2. The van der Waals surface area contributed by atoms with Gasteiger partial charge in [0.15, 0.2) is 0 Å². The van der Waals surface area contributed by atoms with Crippen molar-refractivity contribution in [3.05, 3.63) is 28.9 Å². The van der Waals surface area contributed by atoms with E-state index in [9.17, 15) is 14.7 Å². The molecule has 0 unspecified atom stereocenters. The van der Waals surface area contributed by atoms with Gasteiger partial charge in [-0.25, -0.2) is 4.79 Å². The molecule has 2 heterocycles. The molecule has 2 rings (SSSR count). The van der Waals surface area contributed by atoms with Gasteiger partial charge in [-0.15, -0.1) is 0 Å². The highest BCUT2D eigenvalue weighted by molar-refractivity contribution is 8.26. The molecule has 0 saturated carbocycles. The van der Waals surface area contributed by atoms with Gasteiger partial charge < -0.3 is 9.67 Å². The summed E-state index contributed by atoms with van der Waals surface area (Å²) in [5, 5.41) is 9.33. The van der Waals surface area contributed by atoms with E-state index in [1.54, 1.807) is 19.9 Å². The van der Waals surface area contributed by atoms with E-state index in [4.69, 9.17) is 12.2 Å². The lowest BCUT2D eigenvalue weighted by atomic mass is 10.0. The van der Waals surface area contributed by atoms with E-state index in [1.165, 1.54) is 4.90 Å². The second-order valence-corrected chi connectivity index (χ2v) is 6.86. The minimum atomic E-state index is -1.04. The van der Waals surface area contributed by atoms with Crippen LogP contribution in [0.5, 0.6) is 0 Å². The van der Waals surface area contributed by atoms with Crippen LogP contribution in [0.25, 0.3) is 6.08 Å². The molecule has 0 aliphatic carbocycles. The third-order valence-corrected chi connectivity index (χ3v) is 4.47. The highest BCUT2D eigenvalue weighted by Gasteiger charge is 2.41. The number of aliphatic carboxylic acids is 1. The first kappa shape index (κ1) is 15.8. The van der Waals surface area contributed by atoms with E-state index in [-0.39, 0.29) is 11.8 Å². The van der Waals surface area contributed by atoms with Crippen molar-refractivity contribution in [1.29, 1.82) is 0 Å². The van der Waals surface area contributed by atoms with Gasteiger partial charge in [0.05, 0.1) is 4.91 Å². The Hall–Kier alpha value is -1.60. The number of aryl methyl sites for hydroxylation is 1. The average Bonchev–Trinajstić information content (AvgIpc) is 2.88. The van der Waals surface area contributed by atoms with Gasteiger partial charge in [-0.3, -0.25) is 9.69 Å². The summed E-state index contributed by atoms with van der Waals surface area (Å²) in [6.45, 7) is 3.52. The minimum Gasteiger partial charge on any atom is -0.480 e. The summed E-state index contributed by atoms with van der Waals surface area (Å²) >= 11 is 6.33. The van der Waals surface area contributed by atoms with Gasteiger partial charge in [0, 0.05) is 19.4 Å². The lowest BCUT2D eigenvalue weighted by Crippen LogP contribution is -2.47. The van der Waals surface area contributed by atoms with E-state index in [0.29, 0.717) is 9.23 Å². The number of carbonyl (C=O) groups is 2. The fraction of sp³-hybridized carbons (Fsp3) is 0.357. The highest BCUT2D eigenvalue weighted by atomic mass is 32.2. The molecule has 1 aromatic heterocycles. The minimum absolute atomic E-state index is 0.221. The van der Waals surface area contributed by atoms with Crippen LogP contribution in [0.2, 0.25) is 0 Å². The van der Waals surface area contributed by atoms with Crippen LogP contribution in [0.1, 0.15) is 19.4 Å². The molecule has 1 aliphatic heterocycles. The third-order valence-electron chi connectivity index (χ3n) is 3.14. The highest BCUT2D eigenvalue weighted by Crippen LogP contribution is 2.35. The first-order valence-corrected chi connectivity index (χ1v) is 7.65. The Labute approximate surface area is 132 Å². The molecule has 112 valence electrons. The van der Waals surface area contributed by atoms with Crippen molar-refractivity contribution in [2.24, 2.45) is 13.0 Å². The van der Waals surface area contributed by atoms with Crippen molar-refractivity contribution in [3.8, 4) is 0 Å². The monoisotopic (exact) mass is 324 g/mol. The van der Waals surface area contributed by atoms with E-state index < -0.39 is 12.0 Å². The Balaban J connectivity index is 2.32. The normalized spacial score (nSPS) is 18.9. The zero-order valence-electron chi connectivity index (χ0n) is 11.9. The molecule has 0 bridgehead atoms. The number of carboxylic acids is 1. The van der Waals surface area contributed by atoms with E-state index >= 15 is 0 Å². The summed E-state index contributed by atoms with van der Waals surface area (Å²) in [7, 11) is 1.89. The molecule has 0 spiro atoms. The Morgan fingerprint density at radius 3 is 2.62 bits per heavy atom. The van der Waals surface area contributed by atoms with Crippen LogP contribution in [0.3, 0.4) is 0 Å². The van der Waals surface area contributed by atoms with Crippen LogP contribution in [-0.2, 0) is 16.6 Å². The summed E-state index contributed by atoms with van der Waals surface area (Å²) in [5.41, 5.74) is 0.884. The van der Waals surface area contributed by atoms with Gasteiger partial charge in [0.1, 0.15) is 10.4 Å². The standard InChI is InChI=1S/C14H16N2O3S2/c1-8(2)11(13(18)19)16-12(17)10(21-14(16)20)6-9-4-5-15(3)7-9/h4-8,11H,1-3H3,(H,18,19)/b10-6+/t11-/m0/s1. The molecule has 1 atom stereocenters. The first-order chi connectivity index (χ1) is 9.81. The number of amides is 1. The predicted molar refractivity (Wildman–Crippen MR) is 86.7 cm³/mol. The largest absolute Gasteiger partial charge is 0.480 e. The SMILES string of the molecule is CC(C)[C@@H](C(=O)O)N1C(=O)/C(=C\c2ccn(C)c2)SC1=S. The maximum absolute atomic E-state index is 12.5. The molecule has 1 N–H and O–H groups in total. The van der Waals surface area contributed by atoms with Crippen molar-refractivity contribution in [3.63, 3.8) is 0 Å². The summed E-state index contributed by atoms with van der Waals surface area (Å²) in [6.07, 6.45) is 5.49. The lowest BCUT2D eigenvalue weighted by molar-refractivity contribution is -0.146. The maximum atomic E-state index is 12.5. The molecule has 1 amide bonds. The van der Waals surface area contributed by atoms with Crippen molar-refractivity contribution >= 4 is 46.3 Å². The van der Waals surface area contributed by atoms with Crippen molar-refractivity contribution in [2.45, 2.75) is 19.9 Å². The molecule has 1 fully saturated rings. The van der Waals surface area contributed by atoms with Gasteiger partial charge in [0.25, 0.3) is 5.91 Å². The zero-order valence-corrected chi connectivity index (χ0v) is 13.6. The molecular formula is C14H16N2O3S2. The smallest absolute Gasteiger partial charge is 0.327 e. The summed E-state index contributed by atoms with van der Waals surface area (Å²) in [6, 6.07) is 0.947. The molecule has 1 aromatic rings. The molecule has 1 saturated heterocycles. The number of thiocarbonyl (C=S) groups is 1. The van der Waals surface area contributed by atoms with Crippen LogP contribution >= 0.6 is 24.0 Å². The molecule has 1 aliphatic rings. The number of hydrogen-bond donors (Lipinski definition) is 1. The fourth-order valence-corrected chi connectivity index (χ4v) is 3.50. The topological polar surface area (TPSA) is 62.5 Å². The van der Waals surface area contributed by atoms with Crippen molar-refractivity contribution < 1.29 is 14.7 Å². The van der Waals surface area contributed by atoms with Gasteiger partial charge in [-0.05, 0) is 23.6 Å². The Morgan fingerprint density at radius 2 is 2.14 bits per heavy atom. The van der Waals surface area contributed by atoms with Gasteiger partial charge in [-0.2, -0.15) is 0 Å². The van der Waals surface area contributed by atoms with Gasteiger partial charge >= 0.3 is 5.97 Å². The van der Waals surface area contributed by atoms with Crippen LogP contribution in [-0.4, -0.2) is 36.8 Å². The quantitative estimate of drug-likeness (QED) is 0.680. The fourth-order valence-electron chi connectivity index (χ4n) is 2.17. The van der Waals surface area contributed by atoms with E-state index in [0.717, 1.165) is 17.3 Å². The molecule has 21 heavy (non-hydrogen) atoms. The second kappa shape index (κ2) is 6.03. The Kier molecular flexibility index (Phi) is 4.53. The summed E-state index contributed by atoms with van der Waals surface area (Å²) in [5.74, 6) is -1.60. The zero-order chi connectivity index (χ0) is 15.7. The number of carboxylic acid groups (broad SMARTS) is 1. The predicted octanol–water partition coefficient (Wildman–Crippen LogP) is 2.34. The van der Waals surface area contributed by atoms with Gasteiger partial charge in [0.2, 0.25) is 0 Å². The van der Waals surface area contributed by atoms with Crippen LogP contribution in [0.4, 0.5) is 0 Å². The van der Waals surface area contributed by atoms with Crippen LogP contribution in [0, 0.1) is 5.92 Å². The lowest BCUT2D eigenvalue weighted by Gasteiger charge is -2.26. The molecule has 0 aromatic carbocycles. The first-order valence-electron chi connectivity index (χ1n) is 6.43. The Bertz CT molecular complexity index is 634. The Morgan fingerprint density at radius 1 is 1.48 bits per heavy atom. The molecule has 0 radical (unpaired) electrons. The van der Waals surface area contributed by atoms with Crippen LogP contribution < -0.4 is 0 Å². The van der Waals surface area contributed by atoms with Crippen molar-refractivity contribution in [1.82, 2.24) is 9.47 Å². The molecular weight excluding hydrogens is 308 g/mol. The number of hydrogen-bond acceptors (Lipinski definition) is 4. The number of thioether (sulfide) groups is 1. The van der Waals surface area contributed by atoms with Crippen molar-refractivity contribution in [2.75, 3.05) is 0 Å². The summed E-state index contributed by atoms with van der Waals surface area (Å²) in [4.78, 5) is 25.5. The van der Waals surface area contributed by atoms with Gasteiger partial charge in [-0.1, -0.05) is 37.8 Å². The van der Waals surface area contributed by atoms with E-state index in [1.807, 2.05) is 30.1 Å². The third kappa shape index (κ3) is 3.19. The maximum Gasteiger partial charge on any atom is 0.327 e. The second-order valence-electron chi connectivity index (χ2n) is 5.19. The number of aromatic nitrogens is 1. The number of rotatable bonds is 4.